The summed E-state index contributed by atoms with van der Waals surface area (Å²) in [7, 11) is 1.54. The van der Waals surface area contributed by atoms with Gasteiger partial charge in [0, 0.05) is 37.0 Å². The predicted molar refractivity (Wildman–Crippen MR) is 196 cm³/mol. The van der Waals surface area contributed by atoms with Crippen molar-refractivity contribution in [3.63, 3.8) is 0 Å². The van der Waals surface area contributed by atoms with Gasteiger partial charge in [-0.05, 0) is 133 Å². The molecule has 16 heteroatoms. The number of aryl methyl sites for hydroxylation is 3. The van der Waals surface area contributed by atoms with Crippen molar-refractivity contribution in [1.82, 2.24) is 20.2 Å². The number of aliphatic hydroxyl groups excluding tert-OH is 1. The van der Waals surface area contributed by atoms with Crippen LogP contribution in [0.2, 0.25) is 0 Å². The first kappa shape index (κ1) is 44.5. The van der Waals surface area contributed by atoms with Crippen molar-refractivity contribution < 1.29 is 41.4 Å². The van der Waals surface area contributed by atoms with Gasteiger partial charge in [0.25, 0.3) is 5.95 Å². The summed E-state index contributed by atoms with van der Waals surface area (Å²) in [6, 6.07) is 5.23. The summed E-state index contributed by atoms with van der Waals surface area (Å²) >= 11 is 0. The maximum Gasteiger partial charge on any atom is 0.416 e. The van der Waals surface area contributed by atoms with Gasteiger partial charge >= 0.3 is 18.3 Å². The molecule has 0 radical (unpaired) electrons. The van der Waals surface area contributed by atoms with Gasteiger partial charge in [-0.3, -0.25) is 4.79 Å². The van der Waals surface area contributed by atoms with Crippen molar-refractivity contribution in [2.45, 2.75) is 124 Å². The zero-order valence-electron chi connectivity index (χ0n) is 32.4. The summed E-state index contributed by atoms with van der Waals surface area (Å²) in [4.78, 5) is 16.6. The Morgan fingerprint density at radius 1 is 0.944 bits per heavy atom. The number of halogens is 6. The highest BCUT2D eigenvalue weighted by atomic mass is 19.4. The van der Waals surface area contributed by atoms with Crippen LogP contribution in [0.15, 0.2) is 30.3 Å². The number of rotatable bonds is 7. The van der Waals surface area contributed by atoms with Gasteiger partial charge in [0.15, 0.2) is 0 Å². The van der Waals surface area contributed by atoms with Crippen LogP contribution in [0.1, 0.15) is 113 Å². The average molecular weight is 772 g/mol. The number of nitrogens with zero attached hydrogens (tertiary/aromatic N) is 6. The number of carbonyl (C=O) groups is 1. The lowest BCUT2D eigenvalue weighted by Crippen LogP contribution is -2.34. The number of carboxylic acid groups (broad SMARTS) is 1. The molecule has 3 aromatic rings. The van der Waals surface area contributed by atoms with Crippen molar-refractivity contribution in [1.29, 1.82) is 0 Å². The topological polar surface area (TPSA) is 134 Å². The van der Waals surface area contributed by atoms with E-state index in [1.165, 1.54) is 11.8 Å². The van der Waals surface area contributed by atoms with Gasteiger partial charge in [-0.15, -0.1) is 5.10 Å². The van der Waals surface area contributed by atoms with Gasteiger partial charge in [0.05, 0.1) is 30.1 Å². The summed E-state index contributed by atoms with van der Waals surface area (Å²) in [6.07, 6.45) is -6.04. The fraction of sp³-hybridized carbons (Fsp3) is 0.632. The smallest absolute Gasteiger partial charge is 0.416 e. The number of aliphatic hydroxyl groups is 1. The molecule has 1 aromatic heterocycles. The van der Waals surface area contributed by atoms with E-state index < -0.39 is 35.5 Å². The number of carboxylic acids is 1. The lowest BCUT2D eigenvalue weighted by Gasteiger charge is -2.36. The molecular weight excluding hydrogens is 716 g/mol. The van der Waals surface area contributed by atoms with Crippen molar-refractivity contribution in [2.75, 3.05) is 22.9 Å². The van der Waals surface area contributed by atoms with E-state index in [0.29, 0.717) is 38.1 Å². The predicted octanol–water partition coefficient (Wildman–Crippen LogP) is 8.23. The van der Waals surface area contributed by atoms with Gasteiger partial charge in [-0.25, -0.2) is 0 Å². The summed E-state index contributed by atoms with van der Waals surface area (Å²) in [5, 5.41) is 29.9. The molecule has 2 aliphatic rings. The van der Waals surface area contributed by atoms with Crippen LogP contribution in [0.25, 0.3) is 0 Å². The van der Waals surface area contributed by atoms with E-state index in [1.54, 1.807) is 18.7 Å². The van der Waals surface area contributed by atoms with Crippen LogP contribution >= 0.6 is 0 Å². The van der Waals surface area contributed by atoms with Crippen molar-refractivity contribution in [2.24, 2.45) is 24.6 Å². The van der Waals surface area contributed by atoms with Gasteiger partial charge in [0.2, 0.25) is 0 Å². The minimum absolute atomic E-state index is 0. The van der Waals surface area contributed by atoms with E-state index in [2.05, 4.69) is 26.4 Å². The highest BCUT2D eigenvalue weighted by Gasteiger charge is 2.38. The number of benzene rings is 2. The summed E-state index contributed by atoms with van der Waals surface area (Å²) in [5.41, 5.74) is 6.25. The largest absolute Gasteiger partial charge is 0.481 e. The first-order valence-corrected chi connectivity index (χ1v) is 18.2. The molecule has 1 aliphatic heterocycles. The van der Waals surface area contributed by atoms with Crippen LogP contribution in [-0.2, 0) is 30.7 Å². The first-order chi connectivity index (χ1) is 24.8. The van der Waals surface area contributed by atoms with Crippen LogP contribution in [-0.4, -0.2) is 61.1 Å². The number of hydrogen-bond donors (Lipinski definition) is 3. The molecule has 4 N–H and O–H groups in total. The van der Waals surface area contributed by atoms with E-state index >= 15 is 0 Å². The van der Waals surface area contributed by atoms with Crippen LogP contribution < -0.4 is 15.5 Å². The molecule has 0 spiro atoms. The molecule has 1 saturated carbocycles. The molecule has 0 unspecified atom stereocenters. The van der Waals surface area contributed by atoms with E-state index in [-0.39, 0.29) is 41.7 Å². The molecular formula is C38H55F6N7O3. The number of tetrazole rings is 1. The van der Waals surface area contributed by atoms with Crippen LogP contribution in [0.4, 0.5) is 38.0 Å². The minimum Gasteiger partial charge on any atom is -0.481 e. The van der Waals surface area contributed by atoms with Crippen molar-refractivity contribution in [3.05, 3.63) is 63.7 Å². The Kier molecular flexibility index (Phi) is 14.9. The van der Waals surface area contributed by atoms with Gasteiger partial charge in [-0.1, -0.05) is 22.8 Å². The molecule has 0 saturated heterocycles. The van der Waals surface area contributed by atoms with Gasteiger partial charge in [0.1, 0.15) is 0 Å². The number of aromatic nitrogens is 4. The number of nitrogens with two attached hydrogens (primary N) is 1. The Labute approximate surface area is 313 Å². The van der Waals surface area contributed by atoms with Crippen molar-refractivity contribution in [3.8, 4) is 0 Å². The molecule has 10 nitrogen and oxygen atoms in total. The van der Waals surface area contributed by atoms with Crippen molar-refractivity contribution >= 4 is 17.6 Å². The number of fused-ring (bicyclic) bond motifs is 1. The third-order valence-corrected chi connectivity index (χ3v) is 8.86. The Balaban J connectivity index is 0.000000782. The molecule has 2 aromatic carbocycles. The zero-order chi connectivity index (χ0) is 40.8. The molecule has 1 aliphatic carbocycles. The zero-order valence-corrected chi connectivity index (χ0v) is 32.4. The van der Waals surface area contributed by atoms with E-state index in [1.807, 2.05) is 40.7 Å². The quantitative estimate of drug-likeness (QED) is 0.203. The molecule has 302 valence electrons. The maximum atomic E-state index is 13.7. The molecule has 1 atom stereocenters. The second-order valence-electron chi connectivity index (χ2n) is 15.8. The highest BCUT2D eigenvalue weighted by molar-refractivity contribution is 5.70. The standard InChI is InChI=1S/C31H36F6N6O2.C4H11N.C3H8O/c1-18-11-19(2)27-25(12-18)26(5-4-10-42(27)16-20-6-8-22(9-7-20)28(44)45)43(29-38-40-41(3)39-29)17-21-13-23(30(32,33)34)15-24(14-21)31(35,36)37;1-4(2,3)5;1-3(2)4/h11-15,20,22,26H,4-10,16-17H2,1-3H3,(H,44,45);5H2,1-3H3;3-4H,1-2H3/t20-,22-,26-;;/m0../s1. The van der Waals surface area contributed by atoms with E-state index in [9.17, 15) is 36.2 Å². The number of hydrogen-bond acceptors (Lipinski definition) is 8. The fourth-order valence-electron chi connectivity index (χ4n) is 6.85. The third-order valence-electron chi connectivity index (χ3n) is 8.86. The van der Waals surface area contributed by atoms with E-state index in [4.69, 9.17) is 10.8 Å². The molecule has 0 bridgehead atoms. The monoisotopic (exact) mass is 771 g/mol. The van der Waals surface area contributed by atoms with Crippen LogP contribution in [0.3, 0.4) is 0 Å². The normalized spacial score (nSPS) is 19.2. The van der Waals surface area contributed by atoms with Gasteiger partial charge in [-0.2, -0.15) is 31.1 Å². The third kappa shape index (κ3) is 13.4. The Morgan fingerprint density at radius 2 is 1.48 bits per heavy atom. The fourth-order valence-corrected chi connectivity index (χ4v) is 6.85. The molecule has 54 heavy (non-hydrogen) atoms. The van der Waals surface area contributed by atoms with E-state index in [0.717, 1.165) is 53.9 Å². The molecule has 2 heterocycles. The number of anilines is 2. The van der Waals surface area contributed by atoms with Crippen LogP contribution in [0.5, 0.6) is 0 Å². The Bertz CT molecular complexity index is 1640. The average Bonchev–Trinajstić information content (AvgIpc) is 3.37. The number of aliphatic carboxylic acids is 1. The minimum atomic E-state index is -4.97. The lowest BCUT2D eigenvalue weighted by atomic mass is 9.81. The SMILES string of the molecule is CC(C)(C)N.CC(C)O.Cc1cc(C)c2c(c1)[C@@H](N(Cc1cc(C(F)(F)F)cc(C(F)(F)F)c1)c1nnn(C)n1)CCCN2C[C@H]1CC[C@H](C(=O)O)CC1. The molecule has 1 fully saturated rings. The Morgan fingerprint density at radius 3 is 1.94 bits per heavy atom. The van der Waals surface area contributed by atoms with Gasteiger partial charge < -0.3 is 25.7 Å². The summed E-state index contributed by atoms with van der Waals surface area (Å²) < 4.78 is 82.4. The highest BCUT2D eigenvalue weighted by Crippen LogP contribution is 2.43. The summed E-state index contributed by atoms with van der Waals surface area (Å²) in [5.74, 6) is -0.690. The van der Waals surface area contributed by atoms with Crippen LogP contribution in [0, 0.1) is 25.7 Å². The first-order valence-electron chi connectivity index (χ1n) is 18.2. The summed E-state index contributed by atoms with van der Waals surface area (Å²) in [6.45, 7) is 14.4. The molecule has 5 rings (SSSR count). The maximum absolute atomic E-state index is 13.7. The molecule has 0 amide bonds. The second kappa shape index (κ2) is 18.1. The lowest BCUT2D eigenvalue weighted by molar-refractivity contribution is -0.144. The Hall–Kier alpha value is -3.92. The second-order valence-corrected chi connectivity index (χ2v) is 15.8. The number of alkyl halides is 6.